The van der Waals surface area contributed by atoms with Crippen LogP contribution in [0.4, 0.5) is 11.4 Å². The number of nitrogen functional groups attached to an aromatic ring is 1. The number of carbonyl (C=O) groups excluding carboxylic acids is 1. The van der Waals surface area contributed by atoms with Gasteiger partial charge in [0.25, 0.3) is 5.69 Å². The van der Waals surface area contributed by atoms with Gasteiger partial charge in [-0.05, 0) is 18.1 Å². The Morgan fingerprint density at radius 3 is 2.52 bits per heavy atom. The van der Waals surface area contributed by atoms with E-state index in [1.54, 1.807) is 6.92 Å². The van der Waals surface area contributed by atoms with Crippen LogP contribution in [-0.2, 0) is 11.3 Å². The van der Waals surface area contributed by atoms with E-state index in [9.17, 15) is 14.9 Å². The summed E-state index contributed by atoms with van der Waals surface area (Å²) in [7, 11) is 0. The predicted octanol–water partition coefficient (Wildman–Crippen LogP) is 2.84. The van der Waals surface area contributed by atoms with Crippen molar-refractivity contribution in [1.82, 2.24) is 0 Å². The van der Waals surface area contributed by atoms with E-state index in [1.165, 1.54) is 6.07 Å². The molecule has 0 fully saturated rings. The molecule has 108 valence electrons. The van der Waals surface area contributed by atoms with Crippen molar-refractivity contribution in [1.29, 1.82) is 0 Å². The van der Waals surface area contributed by atoms with Crippen molar-refractivity contribution in [3.05, 3.63) is 69.3 Å². The van der Waals surface area contributed by atoms with Gasteiger partial charge in [-0.2, -0.15) is 0 Å². The number of aryl methyl sites for hydroxylation is 1. The van der Waals surface area contributed by atoms with E-state index in [1.807, 2.05) is 30.3 Å². The minimum Gasteiger partial charge on any atom is -0.457 e. The van der Waals surface area contributed by atoms with Gasteiger partial charge in [0, 0.05) is 12.1 Å². The van der Waals surface area contributed by atoms with Gasteiger partial charge in [-0.15, -0.1) is 0 Å². The van der Waals surface area contributed by atoms with Gasteiger partial charge in [-0.1, -0.05) is 30.3 Å². The summed E-state index contributed by atoms with van der Waals surface area (Å²) in [6, 6.07) is 11.7. The molecule has 21 heavy (non-hydrogen) atoms. The lowest BCUT2D eigenvalue weighted by Gasteiger charge is -2.09. The van der Waals surface area contributed by atoms with Crippen molar-refractivity contribution in [2.45, 2.75) is 13.5 Å². The lowest BCUT2D eigenvalue weighted by atomic mass is 10.1. The molecule has 0 heterocycles. The molecule has 6 nitrogen and oxygen atoms in total. The minimum atomic E-state index is -0.594. The van der Waals surface area contributed by atoms with Gasteiger partial charge < -0.3 is 10.5 Å². The van der Waals surface area contributed by atoms with Crippen LogP contribution < -0.4 is 5.73 Å². The maximum absolute atomic E-state index is 12.1. The number of nitrogens with two attached hydrogens (primary N) is 1. The average molecular weight is 286 g/mol. The Kier molecular flexibility index (Phi) is 4.18. The number of nitro benzene ring substituents is 1. The van der Waals surface area contributed by atoms with E-state index in [2.05, 4.69) is 0 Å². The highest BCUT2D eigenvalue weighted by Gasteiger charge is 2.19. The number of nitro groups is 1. The number of nitrogens with zero attached hydrogens (tertiary/aromatic N) is 1. The Hall–Kier alpha value is -2.89. The van der Waals surface area contributed by atoms with Crippen molar-refractivity contribution in [3.8, 4) is 0 Å². The van der Waals surface area contributed by atoms with Crippen LogP contribution in [0.1, 0.15) is 21.5 Å². The van der Waals surface area contributed by atoms with E-state index in [0.717, 1.165) is 11.6 Å². The third kappa shape index (κ3) is 3.36. The summed E-state index contributed by atoms with van der Waals surface area (Å²) in [5, 5.41) is 10.7. The van der Waals surface area contributed by atoms with E-state index < -0.39 is 10.9 Å². The Morgan fingerprint density at radius 1 is 1.29 bits per heavy atom. The fraction of sp³-hybridized carbons (Fsp3) is 0.133. The first kappa shape index (κ1) is 14.5. The molecule has 2 N–H and O–H groups in total. The van der Waals surface area contributed by atoms with Crippen molar-refractivity contribution in [2.24, 2.45) is 0 Å². The number of non-ortho nitro benzene ring substituents is 1. The minimum absolute atomic E-state index is 0.0414. The predicted molar refractivity (Wildman–Crippen MR) is 77.8 cm³/mol. The molecule has 0 spiro atoms. The van der Waals surface area contributed by atoms with Gasteiger partial charge in [0.2, 0.25) is 0 Å². The molecule has 0 unspecified atom stereocenters. The van der Waals surface area contributed by atoms with Crippen LogP contribution in [0.3, 0.4) is 0 Å². The molecule has 0 saturated heterocycles. The summed E-state index contributed by atoms with van der Waals surface area (Å²) in [4.78, 5) is 22.2. The van der Waals surface area contributed by atoms with Crippen LogP contribution >= 0.6 is 0 Å². The summed E-state index contributed by atoms with van der Waals surface area (Å²) >= 11 is 0. The summed E-state index contributed by atoms with van der Waals surface area (Å²) < 4.78 is 5.19. The van der Waals surface area contributed by atoms with Gasteiger partial charge in [0.05, 0.1) is 16.2 Å². The number of carbonyl (C=O) groups is 1. The molecule has 0 amide bonds. The lowest BCUT2D eigenvalue weighted by molar-refractivity contribution is -0.384. The van der Waals surface area contributed by atoms with Gasteiger partial charge in [-0.3, -0.25) is 10.1 Å². The van der Waals surface area contributed by atoms with E-state index in [4.69, 9.17) is 10.5 Å². The van der Waals surface area contributed by atoms with E-state index in [-0.39, 0.29) is 23.5 Å². The zero-order valence-corrected chi connectivity index (χ0v) is 11.4. The van der Waals surface area contributed by atoms with Gasteiger partial charge in [0.15, 0.2) is 0 Å². The number of hydrogen-bond acceptors (Lipinski definition) is 5. The lowest BCUT2D eigenvalue weighted by Crippen LogP contribution is -2.11. The van der Waals surface area contributed by atoms with E-state index in [0.29, 0.717) is 5.56 Å². The van der Waals surface area contributed by atoms with Gasteiger partial charge in [0.1, 0.15) is 6.61 Å². The molecule has 2 aromatic carbocycles. The molecule has 6 heteroatoms. The largest absolute Gasteiger partial charge is 0.457 e. The topological polar surface area (TPSA) is 95.5 Å². The summed E-state index contributed by atoms with van der Waals surface area (Å²) in [6.45, 7) is 1.71. The molecule has 0 aliphatic rings. The Bertz CT molecular complexity index is 660. The standard InChI is InChI=1S/C15H14N2O4/c1-10-7-12(17(19)20)8-13(16)14(10)15(18)21-9-11-5-3-2-4-6-11/h2-8H,9,16H2,1H3. The van der Waals surface area contributed by atoms with Crippen LogP contribution in [0.15, 0.2) is 42.5 Å². The van der Waals surface area contributed by atoms with Crippen molar-refractivity contribution in [3.63, 3.8) is 0 Å². The highest BCUT2D eigenvalue weighted by Crippen LogP contribution is 2.25. The molecular formula is C15H14N2O4. The third-order valence-electron chi connectivity index (χ3n) is 2.98. The van der Waals surface area contributed by atoms with Gasteiger partial charge >= 0.3 is 5.97 Å². The number of esters is 1. The highest BCUT2D eigenvalue weighted by atomic mass is 16.6. The van der Waals surface area contributed by atoms with Crippen LogP contribution in [-0.4, -0.2) is 10.9 Å². The smallest absolute Gasteiger partial charge is 0.340 e. The average Bonchev–Trinajstić information content (AvgIpc) is 2.45. The first-order valence-electron chi connectivity index (χ1n) is 6.24. The van der Waals surface area contributed by atoms with Crippen LogP contribution in [0.2, 0.25) is 0 Å². The normalized spacial score (nSPS) is 10.1. The second-order valence-electron chi connectivity index (χ2n) is 4.55. The van der Waals surface area contributed by atoms with Crippen LogP contribution in [0.25, 0.3) is 0 Å². The van der Waals surface area contributed by atoms with Crippen LogP contribution in [0.5, 0.6) is 0 Å². The SMILES string of the molecule is Cc1cc([N+](=O)[O-])cc(N)c1C(=O)OCc1ccccc1. The second kappa shape index (κ2) is 6.04. The molecule has 0 aliphatic heterocycles. The van der Waals surface area contributed by atoms with E-state index >= 15 is 0 Å². The highest BCUT2D eigenvalue weighted by molar-refractivity contribution is 5.97. The Morgan fingerprint density at radius 2 is 1.95 bits per heavy atom. The third-order valence-corrected chi connectivity index (χ3v) is 2.98. The Labute approximate surface area is 121 Å². The molecule has 0 radical (unpaired) electrons. The molecule has 0 aromatic heterocycles. The molecular weight excluding hydrogens is 272 g/mol. The molecule has 2 rings (SSSR count). The molecule has 0 saturated carbocycles. The number of hydrogen-bond donors (Lipinski definition) is 1. The van der Waals surface area contributed by atoms with Crippen molar-refractivity contribution >= 4 is 17.3 Å². The zero-order chi connectivity index (χ0) is 15.4. The molecule has 0 bridgehead atoms. The van der Waals surface area contributed by atoms with Crippen molar-refractivity contribution in [2.75, 3.05) is 5.73 Å². The maximum atomic E-state index is 12.1. The van der Waals surface area contributed by atoms with Crippen LogP contribution in [0, 0.1) is 17.0 Å². The fourth-order valence-corrected chi connectivity index (χ4v) is 1.97. The Balaban J connectivity index is 2.18. The summed E-state index contributed by atoms with van der Waals surface area (Å²) in [5.74, 6) is -0.594. The maximum Gasteiger partial charge on any atom is 0.340 e. The second-order valence-corrected chi connectivity index (χ2v) is 4.55. The number of benzene rings is 2. The summed E-state index contributed by atoms with van der Waals surface area (Å²) in [6.07, 6.45) is 0. The number of rotatable bonds is 4. The number of anilines is 1. The zero-order valence-electron chi connectivity index (χ0n) is 11.4. The van der Waals surface area contributed by atoms with Gasteiger partial charge in [-0.25, -0.2) is 4.79 Å². The molecule has 0 atom stereocenters. The molecule has 0 aliphatic carbocycles. The number of ether oxygens (including phenoxy) is 1. The quantitative estimate of drug-likeness (QED) is 0.403. The summed E-state index contributed by atoms with van der Waals surface area (Å²) in [5.41, 5.74) is 7.05. The first-order chi connectivity index (χ1) is 9.99. The first-order valence-corrected chi connectivity index (χ1v) is 6.24. The van der Waals surface area contributed by atoms with Crippen molar-refractivity contribution < 1.29 is 14.5 Å². The monoisotopic (exact) mass is 286 g/mol. The molecule has 2 aromatic rings. The fourth-order valence-electron chi connectivity index (χ4n) is 1.97.